The van der Waals surface area contributed by atoms with Crippen LogP contribution in [0.4, 0.5) is 0 Å². The predicted molar refractivity (Wildman–Crippen MR) is 109 cm³/mol. The Balaban J connectivity index is 1.50. The fourth-order valence-electron chi connectivity index (χ4n) is 4.21. The SMILES string of the molecule is CC1(C)CC(Oc2ncc(-c3ccc(-n4ccnc4)cc3O)nn2)CC(C)(C)N1. The van der Waals surface area contributed by atoms with Crippen LogP contribution in [0.15, 0.2) is 43.1 Å². The maximum Gasteiger partial charge on any atom is 0.335 e. The average molecular weight is 394 g/mol. The first kappa shape index (κ1) is 19.3. The second-order valence-electron chi connectivity index (χ2n) is 8.84. The van der Waals surface area contributed by atoms with Gasteiger partial charge in [0.2, 0.25) is 0 Å². The van der Waals surface area contributed by atoms with Gasteiger partial charge in [-0.2, -0.15) is 0 Å². The van der Waals surface area contributed by atoms with Crippen LogP contribution in [-0.2, 0) is 0 Å². The molecule has 0 aliphatic carbocycles. The van der Waals surface area contributed by atoms with Crippen LogP contribution in [0.25, 0.3) is 16.9 Å². The zero-order chi connectivity index (χ0) is 20.6. The molecule has 0 spiro atoms. The van der Waals surface area contributed by atoms with Crippen molar-refractivity contribution in [3.05, 3.63) is 43.1 Å². The zero-order valence-electron chi connectivity index (χ0n) is 17.1. The van der Waals surface area contributed by atoms with Gasteiger partial charge >= 0.3 is 6.01 Å². The van der Waals surface area contributed by atoms with E-state index in [1.165, 1.54) is 0 Å². The Morgan fingerprint density at radius 2 is 1.90 bits per heavy atom. The lowest BCUT2D eigenvalue weighted by Gasteiger charge is -2.45. The monoisotopic (exact) mass is 394 g/mol. The van der Waals surface area contributed by atoms with Crippen LogP contribution in [0.1, 0.15) is 40.5 Å². The van der Waals surface area contributed by atoms with Gasteiger partial charge in [0.15, 0.2) is 0 Å². The molecule has 152 valence electrons. The summed E-state index contributed by atoms with van der Waals surface area (Å²) in [5.41, 5.74) is 1.80. The van der Waals surface area contributed by atoms with Crippen LogP contribution < -0.4 is 10.1 Å². The lowest BCUT2D eigenvalue weighted by Crippen LogP contribution is -2.60. The van der Waals surface area contributed by atoms with E-state index in [1.807, 2.05) is 16.8 Å². The van der Waals surface area contributed by atoms with Gasteiger partial charge in [-0.05, 0) is 39.8 Å². The Morgan fingerprint density at radius 3 is 2.48 bits per heavy atom. The van der Waals surface area contributed by atoms with Crippen molar-refractivity contribution < 1.29 is 9.84 Å². The van der Waals surface area contributed by atoms with Crippen LogP contribution in [0, 0.1) is 0 Å². The molecule has 4 rings (SSSR count). The van der Waals surface area contributed by atoms with Crippen LogP contribution in [-0.4, -0.2) is 47.0 Å². The minimum absolute atomic E-state index is 0.0109. The minimum atomic E-state index is -0.0252. The van der Waals surface area contributed by atoms with E-state index in [4.69, 9.17) is 4.74 Å². The molecule has 1 saturated heterocycles. The maximum absolute atomic E-state index is 10.4. The van der Waals surface area contributed by atoms with Gasteiger partial charge in [-0.15, -0.1) is 5.10 Å². The standard InChI is InChI=1S/C21H26N6O2/c1-20(2)10-15(11-21(3,4)26-20)29-19-23-12-17(24-25-19)16-6-5-14(9-18(16)28)27-8-7-22-13-27/h5-9,12-13,15,26,28H,10-11H2,1-4H3. The molecule has 8 nitrogen and oxygen atoms in total. The predicted octanol–water partition coefficient (Wildman–Crippen LogP) is 3.12. The third-order valence-electron chi connectivity index (χ3n) is 5.03. The molecule has 1 aliphatic heterocycles. The molecule has 1 aliphatic rings. The average Bonchev–Trinajstić information content (AvgIpc) is 3.14. The van der Waals surface area contributed by atoms with Crippen molar-refractivity contribution >= 4 is 0 Å². The van der Waals surface area contributed by atoms with E-state index in [2.05, 4.69) is 53.2 Å². The van der Waals surface area contributed by atoms with Crippen LogP contribution in [0.5, 0.6) is 11.8 Å². The highest BCUT2D eigenvalue weighted by Crippen LogP contribution is 2.32. The molecule has 3 aromatic rings. The topological polar surface area (TPSA) is 98.0 Å². The Hall–Kier alpha value is -3.00. The third-order valence-corrected chi connectivity index (χ3v) is 5.03. The molecule has 1 fully saturated rings. The molecular formula is C21H26N6O2. The number of aromatic hydroxyl groups is 1. The number of phenolic OH excluding ortho intramolecular Hbond substituents is 1. The molecule has 0 atom stereocenters. The van der Waals surface area contributed by atoms with E-state index in [9.17, 15) is 5.11 Å². The number of imidazole rings is 1. The van der Waals surface area contributed by atoms with Crippen molar-refractivity contribution in [2.45, 2.75) is 57.7 Å². The van der Waals surface area contributed by atoms with E-state index in [0.29, 0.717) is 11.3 Å². The smallest absolute Gasteiger partial charge is 0.335 e. The number of piperidine rings is 1. The Kier molecular flexibility index (Phi) is 4.74. The van der Waals surface area contributed by atoms with Gasteiger partial charge in [0.1, 0.15) is 17.5 Å². The Morgan fingerprint density at radius 1 is 1.14 bits per heavy atom. The highest BCUT2D eigenvalue weighted by molar-refractivity contribution is 5.67. The van der Waals surface area contributed by atoms with Crippen molar-refractivity contribution in [1.82, 2.24) is 30.0 Å². The molecule has 2 N–H and O–H groups in total. The number of hydrogen-bond acceptors (Lipinski definition) is 7. The van der Waals surface area contributed by atoms with Crippen molar-refractivity contribution in [2.75, 3.05) is 0 Å². The number of hydrogen-bond donors (Lipinski definition) is 2. The Labute approximate surface area is 170 Å². The zero-order valence-corrected chi connectivity index (χ0v) is 17.1. The van der Waals surface area contributed by atoms with Gasteiger partial charge in [0.05, 0.1) is 18.2 Å². The maximum atomic E-state index is 10.4. The van der Waals surface area contributed by atoms with Crippen LogP contribution >= 0.6 is 0 Å². The number of aromatic nitrogens is 5. The summed E-state index contributed by atoms with van der Waals surface area (Å²) in [5, 5.41) is 22.4. The van der Waals surface area contributed by atoms with E-state index >= 15 is 0 Å². The first-order chi connectivity index (χ1) is 13.7. The molecule has 3 heterocycles. The fraction of sp³-hybridized carbons (Fsp3) is 0.429. The highest BCUT2D eigenvalue weighted by Gasteiger charge is 2.39. The number of benzene rings is 1. The molecule has 0 unspecified atom stereocenters. The first-order valence-electron chi connectivity index (χ1n) is 9.68. The summed E-state index contributed by atoms with van der Waals surface area (Å²) in [6, 6.07) is 5.57. The highest BCUT2D eigenvalue weighted by atomic mass is 16.5. The van der Waals surface area contributed by atoms with Gasteiger partial charge in [-0.3, -0.25) is 0 Å². The van der Waals surface area contributed by atoms with Gasteiger partial charge in [0.25, 0.3) is 0 Å². The second-order valence-corrected chi connectivity index (χ2v) is 8.84. The number of nitrogens with zero attached hydrogens (tertiary/aromatic N) is 5. The first-order valence-corrected chi connectivity index (χ1v) is 9.68. The van der Waals surface area contributed by atoms with Crippen LogP contribution in [0.2, 0.25) is 0 Å². The summed E-state index contributed by atoms with van der Waals surface area (Å²) in [4.78, 5) is 8.33. The molecule has 0 radical (unpaired) electrons. The van der Waals surface area contributed by atoms with Crippen LogP contribution in [0.3, 0.4) is 0 Å². The summed E-state index contributed by atoms with van der Waals surface area (Å²) in [6.07, 6.45) is 8.47. The van der Waals surface area contributed by atoms with Crippen molar-refractivity contribution in [3.8, 4) is 28.7 Å². The minimum Gasteiger partial charge on any atom is -0.507 e. The summed E-state index contributed by atoms with van der Waals surface area (Å²) >= 11 is 0. The number of phenols is 1. The van der Waals surface area contributed by atoms with Gasteiger partial charge in [-0.25, -0.2) is 9.97 Å². The molecule has 0 bridgehead atoms. The summed E-state index contributed by atoms with van der Waals surface area (Å²) in [7, 11) is 0. The second kappa shape index (κ2) is 7.11. The number of rotatable bonds is 4. The third kappa shape index (κ3) is 4.37. The largest absolute Gasteiger partial charge is 0.507 e. The quantitative estimate of drug-likeness (QED) is 0.701. The summed E-state index contributed by atoms with van der Waals surface area (Å²) in [6.45, 7) is 8.68. The van der Waals surface area contributed by atoms with E-state index in [1.54, 1.807) is 30.9 Å². The van der Waals surface area contributed by atoms with Gasteiger partial charge < -0.3 is 19.7 Å². The molecule has 0 saturated carbocycles. The number of nitrogens with one attached hydrogen (secondary N) is 1. The lowest BCUT2D eigenvalue weighted by atomic mass is 9.81. The van der Waals surface area contributed by atoms with E-state index in [-0.39, 0.29) is 28.9 Å². The Bertz CT molecular complexity index is 967. The van der Waals surface area contributed by atoms with Gasteiger partial charge in [0, 0.05) is 47.9 Å². The molecular weight excluding hydrogens is 368 g/mol. The van der Waals surface area contributed by atoms with Gasteiger partial charge in [-0.1, -0.05) is 5.10 Å². The molecule has 8 heteroatoms. The molecule has 2 aromatic heterocycles. The normalized spacial score (nSPS) is 18.5. The van der Waals surface area contributed by atoms with Crippen molar-refractivity contribution in [2.24, 2.45) is 0 Å². The van der Waals surface area contributed by atoms with Crippen molar-refractivity contribution in [1.29, 1.82) is 0 Å². The lowest BCUT2D eigenvalue weighted by molar-refractivity contribution is 0.0491. The summed E-state index contributed by atoms with van der Waals surface area (Å²) in [5.74, 6) is 0.0998. The molecule has 0 amide bonds. The van der Waals surface area contributed by atoms with Crippen molar-refractivity contribution in [3.63, 3.8) is 0 Å². The number of ether oxygens (including phenoxy) is 1. The molecule has 1 aromatic carbocycles. The van der Waals surface area contributed by atoms with E-state index < -0.39 is 0 Å². The summed E-state index contributed by atoms with van der Waals surface area (Å²) < 4.78 is 7.83. The fourth-order valence-corrected chi connectivity index (χ4v) is 4.21. The molecule has 29 heavy (non-hydrogen) atoms. The van der Waals surface area contributed by atoms with E-state index in [0.717, 1.165) is 18.5 Å².